The van der Waals surface area contributed by atoms with Crippen molar-refractivity contribution in [2.75, 3.05) is 5.73 Å². The van der Waals surface area contributed by atoms with Gasteiger partial charge >= 0.3 is 0 Å². The number of fused-ring (bicyclic) bond motifs is 1. The number of hydrogen-bond acceptors (Lipinski definition) is 3. The van der Waals surface area contributed by atoms with Crippen molar-refractivity contribution in [2.24, 2.45) is 5.41 Å². The van der Waals surface area contributed by atoms with Crippen molar-refractivity contribution in [3.63, 3.8) is 0 Å². The molecule has 2 aliphatic rings. The van der Waals surface area contributed by atoms with E-state index in [1.54, 1.807) is 22.9 Å². The second kappa shape index (κ2) is 5.45. The van der Waals surface area contributed by atoms with E-state index >= 15 is 0 Å². The van der Waals surface area contributed by atoms with Crippen molar-refractivity contribution in [2.45, 2.75) is 52.4 Å². The van der Waals surface area contributed by atoms with Gasteiger partial charge in [0.25, 0.3) is 0 Å². The monoisotopic (exact) mass is 300 g/mol. The van der Waals surface area contributed by atoms with Crippen LogP contribution in [0.3, 0.4) is 0 Å². The van der Waals surface area contributed by atoms with Crippen LogP contribution in [-0.2, 0) is 12.8 Å². The third kappa shape index (κ3) is 3.13. The predicted octanol–water partition coefficient (Wildman–Crippen LogP) is 4.72. The Hall–Kier alpha value is -1.35. The molecular weight excluding hydrogens is 276 g/mol. The molecule has 0 saturated heterocycles. The van der Waals surface area contributed by atoms with Gasteiger partial charge in [-0.15, -0.1) is 11.3 Å². The van der Waals surface area contributed by atoms with E-state index in [0.29, 0.717) is 10.5 Å². The van der Waals surface area contributed by atoms with Gasteiger partial charge in [-0.1, -0.05) is 32.0 Å². The van der Waals surface area contributed by atoms with Crippen LogP contribution >= 0.6 is 11.3 Å². The Morgan fingerprint density at radius 1 is 1.29 bits per heavy atom. The van der Waals surface area contributed by atoms with Crippen LogP contribution in [0.5, 0.6) is 0 Å². The van der Waals surface area contributed by atoms with Crippen molar-refractivity contribution in [1.82, 2.24) is 4.98 Å². The molecule has 2 aliphatic carbocycles. The van der Waals surface area contributed by atoms with Gasteiger partial charge in [-0.3, -0.25) is 0 Å². The van der Waals surface area contributed by atoms with Crippen molar-refractivity contribution in [1.29, 1.82) is 0 Å². The largest absolute Gasteiger partial charge is 0.375 e. The molecule has 1 aromatic carbocycles. The van der Waals surface area contributed by atoms with Gasteiger partial charge in [-0.2, -0.15) is 0 Å². The van der Waals surface area contributed by atoms with Crippen LogP contribution < -0.4 is 5.73 Å². The van der Waals surface area contributed by atoms with Crippen LogP contribution in [0.1, 0.15) is 54.2 Å². The van der Waals surface area contributed by atoms with Crippen molar-refractivity contribution < 1.29 is 0 Å². The van der Waals surface area contributed by atoms with Crippen LogP contribution in [0.15, 0.2) is 24.4 Å². The Morgan fingerprint density at radius 2 is 2.05 bits per heavy atom. The second-order valence-electron chi connectivity index (χ2n) is 6.89. The third-order valence-electron chi connectivity index (χ3n) is 4.71. The molecule has 2 aromatic rings. The highest BCUT2D eigenvalue weighted by Crippen LogP contribution is 2.59. The number of aromatic nitrogens is 1. The lowest BCUT2D eigenvalue weighted by Crippen LogP contribution is -1.95. The lowest BCUT2D eigenvalue weighted by molar-refractivity contribution is 0.620. The van der Waals surface area contributed by atoms with Crippen molar-refractivity contribution >= 4 is 16.5 Å². The normalized spacial score (nSPS) is 21.4. The summed E-state index contributed by atoms with van der Waals surface area (Å²) in [7, 11) is 0. The molecule has 0 aliphatic heterocycles. The van der Waals surface area contributed by atoms with Crippen LogP contribution in [0, 0.1) is 12.3 Å². The summed E-state index contributed by atoms with van der Waals surface area (Å²) in [5.41, 5.74) is 10.9. The zero-order chi connectivity index (χ0) is 15.0. The van der Waals surface area contributed by atoms with Crippen LogP contribution in [0.4, 0.5) is 5.13 Å². The number of nitrogens with two attached hydrogens (primary N) is 1. The van der Waals surface area contributed by atoms with E-state index in [0.717, 1.165) is 10.8 Å². The molecule has 1 heterocycles. The molecule has 4 rings (SSSR count). The molecule has 3 heteroatoms. The van der Waals surface area contributed by atoms with Crippen molar-refractivity contribution in [3.05, 3.63) is 46.0 Å². The number of nitrogen functional groups attached to an aromatic ring is 1. The zero-order valence-electron chi connectivity index (χ0n) is 13.1. The topological polar surface area (TPSA) is 38.9 Å². The maximum Gasteiger partial charge on any atom is 0.180 e. The van der Waals surface area contributed by atoms with E-state index in [2.05, 4.69) is 37.0 Å². The third-order valence-corrected chi connectivity index (χ3v) is 5.45. The summed E-state index contributed by atoms with van der Waals surface area (Å²) in [6.07, 6.45) is 7.18. The first-order chi connectivity index (χ1) is 9.97. The van der Waals surface area contributed by atoms with Gasteiger partial charge in [0.2, 0.25) is 0 Å². The molecule has 2 nitrogen and oxygen atoms in total. The molecule has 0 bridgehead atoms. The van der Waals surface area contributed by atoms with Gasteiger partial charge in [0.1, 0.15) is 0 Å². The minimum atomic E-state index is 0.581. The molecule has 0 unspecified atom stereocenters. The maximum absolute atomic E-state index is 5.29. The number of anilines is 1. The smallest absolute Gasteiger partial charge is 0.180 e. The lowest BCUT2D eigenvalue weighted by atomic mass is 9.96. The lowest BCUT2D eigenvalue weighted by Gasteiger charge is -2.09. The van der Waals surface area contributed by atoms with E-state index in [1.807, 2.05) is 6.92 Å². The molecule has 0 radical (unpaired) electrons. The number of nitrogens with zero attached hydrogens (tertiary/aromatic N) is 1. The van der Waals surface area contributed by atoms with E-state index in [1.165, 1.54) is 37.0 Å². The summed E-state index contributed by atoms with van der Waals surface area (Å²) in [6.45, 7) is 6.77. The highest BCUT2D eigenvalue weighted by Gasteiger charge is 2.47. The highest BCUT2D eigenvalue weighted by molar-refractivity contribution is 7.15. The van der Waals surface area contributed by atoms with E-state index in [4.69, 9.17) is 5.73 Å². The molecule has 1 fully saturated rings. The first kappa shape index (κ1) is 14.6. The molecule has 1 saturated carbocycles. The minimum Gasteiger partial charge on any atom is -0.375 e. The van der Waals surface area contributed by atoms with Crippen LogP contribution in [-0.4, -0.2) is 4.98 Å². The quantitative estimate of drug-likeness (QED) is 0.827. The van der Waals surface area contributed by atoms with Gasteiger partial charge in [0.05, 0.1) is 0 Å². The van der Waals surface area contributed by atoms with Gasteiger partial charge in [-0.05, 0) is 60.6 Å². The summed E-state index contributed by atoms with van der Waals surface area (Å²) in [5, 5.41) is 0.650. The first-order valence-corrected chi connectivity index (χ1v) is 8.57. The van der Waals surface area contributed by atoms with Crippen molar-refractivity contribution in [3.8, 4) is 0 Å². The SMILES string of the molecule is CC1(C)C[C@H]1c1cccc2c1CCC2.Cc1cnc(N)s1. The number of rotatable bonds is 1. The molecule has 112 valence electrons. The summed E-state index contributed by atoms with van der Waals surface area (Å²) < 4.78 is 0. The Balaban J connectivity index is 0.000000160. The summed E-state index contributed by atoms with van der Waals surface area (Å²) in [6, 6.07) is 6.94. The van der Waals surface area contributed by atoms with Gasteiger partial charge in [-0.25, -0.2) is 4.98 Å². The van der Waals surface area contributed by atoms with E-state index in [-0.39, 0.29) is 0 Å². The summed E-state index contributed by atoms with van der Waals surface area (Å²) in [5.74, 6) is 0.857. The van der Waals surface area contributed by atoms with Gasteiger partial charge in [0.15, 0.2) is 5.13 Å². The minimum absolute atomic E-state index is 0.581. The predicted molar refractivity (Wildman–Crippen MR) is 90.9 cm³/mol. The fraction of sp³-hybridized carbons (Fsp3) is 0.500. The highest BCUT2D eigenvalue weighted by atomic mass is 32.1. The summed E-state index contributed by atoms with van der Waals surface area (Å²) in [4.78, 5) is 4.98. The Morgan fingerprint density at radius 3 is 2.57 bits per heavy atom. The second-order valence-corrected chi connectivity index (χ2v) is 8.16. The van der Waals surface area contributed by atoms with Gasteiger partial charge in [0, 0.05) is 11.1 Å². The number of hydrogen-bond donors (Lipinski definition) is 1. The maximum atomic E-state index is 5.29. The number of aryl methyl sites for hydroxylation is 2. The molecule has 1 atom stereocenters. The molecule has 1 aromatic heterocycles. The van der Waals surface area contributed by atoms with E-state index in [9.17, 15) is 0 Å². The Kier molecular flexibility index (Phi) is 3.78. The summed E-state index contributed by atoms with van der Waals surface area (Å²) >= 11 is 1.51. The van der Waals surface area contributed by atoms with Crippen LogP contribution in [0.25, 0.3) is 0 Å². The standard InChI is InChI=1S/C14H18.C4H6N2S/c1-14(2)9-13(14)12-8-4-6-10-5-3-7-11(10)12;1-3-2-6-4(5)7-3/h4,6,8,13H,3,5,7,9H2,1-2H3;2H,1H3,(H2,5,6)/t13-;/m0./s1. The first-order valence-electron chi connectivity index (χ1n) is 7.76. The average molecular weight is 300 g/mol. The molecule has 21 heavy (non-hydrogen) atoms. The Bertz CT molecular complexity index is 626. The number of benzene rings is 1. The molecule has 0 spiro atoms. The molecule has 2 N–H and O–H groups in total. The Labute approximate surface area is 131 Å². The van der Waals surface area contributed by atoms with Crippen LogP contribution in [0.2, 0.25) is 0 Å². The fourth-order valence-electron chi connectivity index (χ4n) is 3.35. The van der Waals surface area contributed by atoms with Gasteiger partial charge < -0.3 is 5.73 Å². The van der Waals surface area contributed by atoms with E-state index < -0.39 is 0 Å². The number of thiazole rings is 1. The molecule has 0 amide bonds. The fourth-order valence-corrected chi connectivity index (χ4v) is 3.89. The molecular formula is C18H24N2S. The average Bonchev–Trinajstić information content (AvgIpc) is 2.84. The zero-order valence-corrected chi connectivity index (χ0v) is 14.0.